The maximum Gasteiger partial charge on any atom is 0.460 e. The molecule has 0 radical (unpaired) electrons. The molecule has 194 valence electrons. The molecule has 0 saturated heterocycles. The Hall–Kier alpha value is -1.18. The van der Waals surface area contributed by atoms with E-state index >= 15 is 0 Å². The molecule has 0 rings (SSSR count). The Morgan fingerprint density at radius 2 is 0.562 bits per heavy atom. The second kappa shape index (κ2) is 7.16. The minimum Gasteiger partial charge on any atom is -0.320 e. The number of hydrogen-bond donors (Lipinski definition) is 2. The molecule has 0 aromatic rings. The van der Waals surface area contributed by atoms with Crippen LogP contribution < -0.4 is 0 Å². The third-order valence-corrected chi connectivity index (χ3v) is 4.48. The molecule has 0 spiro atoms. The van der Waals surface area contributed by atoms with Gasteiger partial charge in [0.05, 0.1) is 0 Å². The zero-order valence-electron chi connectivity index (χ0n) is 13.4. The van der Waals surface area contributed by atoms with Gasteiger partial charge in [-0.1, -0.05) is 0 Å². The number of halogens is 19. The number of hydrogen-bond acceptors (Lipinski definition) is 1. The van der Waals surface area contributed by atoms with Crippen LogP contribution in [0.4, 0.5) is 83.4 Å². The highest BCUT2D eigenvalue weighted by Gasteiger charge is 2.97. The maximum absolute atomic E-state index is 13.2. The first-order valence-corrected chi connectivity index (χ1v) is 8.01. The van der Waals surface area contributed by atoms with Gasteiger partial charge in [-0.25, -0.2) is 0 Å². The summed E-state index contributed by atoms with van der Waals surface area (Å²) in [6.45, 7) is 0. The van der Waals surface area contributed by atoms with Crippen LogP contribution in [0.1, 0.15) is 0 Å². The average Bonchev–Trinajstić information content (AvgIpc) is 2.51. The SMILES string of the molecule is O=P(O)(O)C(F)(F)C(F)(F)C(F)(F)C(F)(F)C(F)(F)C(F)(F)C(F)(F)C(F)(F)C(F)(F)F. The third-order valence-electron chi connectivity index (χ3n) is 3.47. The van der Waals surface area contributed by atoms with Crippen LogP contribution in [0.15, 0.2) is 0 Å². The highest BCUT2D eigenvalue weighted by molar-refractivity contribution is 7.53. The Kier molecular flexibility index (Phi) is 6.89. The lowest BCUT2D eigenvalue weighted by atomic mass is 9.89. The first-order chi connectivity index (χ1) is 13.2. The molecule has 0 atom stereocenters. The van der Waals surface area contributed by atoms with Crippen molar-refractivity contribution in [3.8, 4) is 0 Å². The van der Waals surface area contributed by atoms with E-state index in [2.05, 4.69) is 0 Å². The summed E-state index contributed by atoms with van der Waals surface area (Å²) in [5, 5.41) is 0. The molecule has 0 heterocycles. The zero-order chi connectivity index (χ0) is 27.0. The summed E-state index contributed by atoms with van der Waals surface area (Å²) in [6.07, 6.45) is -7.98. The molecule has 0 unspecified atom stereocenters. The standard InChI is InChI=1S/C9H2F19O3P/c10-1(11,2(12,13)4(16,17)6(20,21)8(24,25)26)3(14,15)5(18,19)7(22,23)9(27,28)32(29,30)31/h(H2,29,30,31). The van der Waals surface area contributed by atoms with Crippen LogP contribution in [-0.2, 0) is 4.57 Å². The quantitative estimate of drug-likeness (QED) is 0.299. The van der Waals surface area contributed by atoms with Crippen molar-refractivity contribution in [3.63, 3.8) is 0 Å². The summed E-state index contributed by atoms with van der Waals surface area (Å²) < 4.78 is 253. The first kappa shape index (κ1) is 30.8. The van der Waals surface area contributed by atoms with Crippen LogP contribution in [0.25, 0.3) is 0 Å². The Balaban J connectivity index is 7.03. The molecule has 0 aromatic carbocycles. The van der Waals surface area contributed by atoms with E-state index in [1.807, 2.05) is 0 Å². The van der Waals surface area contributed by atoms with Crippen molar-refractivity contribution in [3.05, 3.63) is 0 Å². The summed E-state index contributed by atoms with van der Waals surface area (Å²) in [7, 11) is -8.08. The molecular weight excluding hydrogens is 548 g/mol. The van der Waals surface area contributed by atoms with Crippen molar-refractivity contribution in [2.75, 3.05) is 0 Å². The van der Waals surface area contributed by atoms with E-state index in [0.29, 0.717) is 0 Å². The molecule has 23 heteroatoms. The molecule has 0 aliphatic heterocycles. The fraction of sp³-hybridized carbons (Fsp3) is 1.00. The molecule has 2 N–H and O–H groups in total. The molecule has 0 aliphatic rings. The van der Waals surface area contributed by atoms with Crippen LogP contribution in [0.3, 0.4) is 0 Å². The monoisotopic (exact) mass is 550 g/mol. The fourth-order valence-corrected chi connectivity index (χ4v) is 2.04. The van der Waals surface area contributed by atoms with E-state index in [4.69, 9.17) is 9.79 Å². The summed E-state index contributed by atoms with van der Waals surface area (Å²) in [4.78, 5) is 15.6. The smallest absolute Gasteiger partial charge is 0.320 e. The Morgan fingerprint density at radius 3 is 0.750 bits per heavy atom. The van der Waals surface area contributed by atoms with Crippen LogP contribution in [0, 0.1) is 0 Å². The lowest BCUT2D eigenvalue weighted by Gasteiger charge is -2.43. The maximum atomic E-state index is 13.2. The highest BCUT2D eigenvalue weighted by Crippen LogP contribution is 2.69. The van der Waals surface area contributed by atoms with Gasteiger partial charge in [-0.3, -0.25) is 4.57 Å². The van der Waals surface area contributed by atoms with Crippen molar-refractivity contribution in [2.45, 2.75) is 53.3 Å². The van der Waals surface area contributed by atoms with E-state index in [1.165, 1.54) is 0 Å². The topological polar surface area (TPSA) is 57.5 Å². The van der Waals surface area contributed by atoms with Crippen LogP contribution in [-0.4, -0.2) is 63.1 Å². The normalized spacial score (nSPS) is 17.0. The highest BCUT2D eigenvalue weighted by atomic mass is 31.2. The van der Waals surface area contributed by atoms with E-state index < -0.39 is 60.9 Å². The second-order valence-corrected chi connectivity index (χ2v) is 7.25. The molecular formula is C9H2F19O3P. The largest absolute Gasteiger partial charge is 0.460 e. The summed E-state index contributed by atoms with van der Waals surface area (Å²) in [6, 6.07) is 0. The van der Waals surface area contributed by atoms with Gasteiger partial charge in [0.2, 0.25) is 0 Å². The molecule has 32 heavy (non-hydrogen) atoms. The fourth-order valence-electron chi connectivity index (χ4n) is 1.54. The molecule has 3 nitrogen and oxygen atoms in total. The van der Waals surface area contributed by atoms with E-state index in [0.717, 1.165) is 0 Å². The lowest BCUT2D eigenvalue weighted by Crippen LogP contribution is -2.75. The van der Waals surface area contributed by atoms with E-state index in [1.54, 1.807) is 0 Å². The molecule has 0 aliphatic carbocycles. The number of rotatable bonds is 8. The van der Waals surface area contributed by atoms with Crippen molar-refractivity contribution in [1.82, 2.24) is 0 Å². The van der Waals surface area contributed by atoms with Gasteiger partial charge in [0.15, 0.2) is 0 Å². The molecule has 0 fully saturated rings. The van der Waals surface area contributed by atoms with Gasteiger partial charge in [-0.15, -0.1) is 0 Å². The summed E-state index contributed by atoms with van der Waals surface area (Å²) in [5.74, 6) is -61.9. The van der Waals surface area contributed by atoms with Crippen LogP contribution >= 0.6 is 7.60 Å². The molecule has 0 bridgehead atoms. The van der Waals surface area contributed by atoms with Gasteiger partial charge in [-0.2, -0.15) is 83.4 Å². The van der Waals surface area contributed by atoms with Gasteiger partial charge >= 0.3 is 60.9 Å². The van der Waals surface area contributed by atoms with Crippen molar-refractivity contribution in [2.24, 2.45) is 0 Å². The Morgan fingerprint density at radius 1 is 0.375 bits per heavy atom. The van der Waals surface area contributed by atoms with E-state index in [-0.39, 0.29) is 0 Å². The van der Waals surface area contributed by atoms with Gasteiger partial charge < -0.3 is 9.79 Å². The zero-order valence-corrected chi connectivity index (χ0v) is 14.3. The minimum atomic E-state index is -9.13. The third kappa shape index (κ3) is 3.50. The first-order valence-electron chi connectivity index (χ1n) is 6.40. The van der Waals surface area contributed by atoms with Gasteiger partial charge in [0.1, 0.15) is 0 Å². The molecule has 0 amide bonds. The van der Waals surface area contributed by atoms with Gasteiger partial charge in [0.25, 0.3) is 0 Å². The summed E-state index contributed by atoms with van der Waals surface area (Å²) in [5.41, 5.74) is -7.82. The van der Waals surface area contributed by atoms with Crippen LogP contribution in [0.5, 0.6) is 0 Å². The van der Waals surface area contributed by atoms with Crippen LogP contribution in [0.2, 0.25) is 0 Å². The average molecular weight is 550 g/mol. The van der Waals surface area contributed by atoms with Crippen molar-refractivity contribution < 1.29 is 97.8 Å². The number of alkyl halides is 19. The van der Waals surface area contributed by atoms with Gasteiger partial charge in [0, 0.05) is 0 Å². The van der Waals surface area contributed by atoms with Crippen molar-refractivity contribution in [1.29, 1.82) is 0 Å². The molecule has 0 saturated carbocycles. The molecule has 0 aromatic heterocycles. The van der Waals surface area contributed by atoms with E-state index in [9.17, 15) is 88.0 Å². The Bertz CT molecular complexity index is 760. The minimum absolute atomic E-state index is 7.82. The second-order valence-electron chi connectivity index (χ2n) is 5.60. The predicted molar refractivity (Wildman–Crippen MR) is 57.7 cm³/mol. The summed E-state index contributed by atoms with van der Waals surface area (Å²) >= 11 is 0. The Labute approximate surface area is 160 Å². The van der Waals surface area contributed by atoms with Crippen molar-refractivity contribution >= 4 is 7.60 Å². The van der Waals surface area contributed by atoms with Gasteiger partial charge in [-0.05, 0) is 0 Å². The predicted octanol–water partition coefficient (Wildman–Crippen LogP) is 5.77. The lowest BCUT2D eigenvalue weighted by molar-refractivity contribution is -0.466.